The third kappa shape index (κ3) is 3.76. The predicted molar refractivity (Wildman–Crippen MR) is 149 cm³/mol. The Hall–Kier alpha value is -3.84. The van der Waals surface area contributed by atoms with Crippen molar-refractivity contribution >= 4 is 17.4 Å². The summed E-state index contributed by atoms with van der Waals surface area (Å²) in [6, 6.07) is 18.7. The highest BCUT2D eigenvalue weighted by molar-refractivity contribution is 6.07. The van der Waals surface area contributed by atoms with Crippen molar-refractivity contribution in [1.29, 1.82) is 0 Å². The predicted octanol–water partition coefficient (Wildman–Crippen LogP) is 5.39. The SMILES string of the molecule is Cc1cc(C2=NCN=N2)ccc1-c1ccc(C(=O)N2CCc3cc4c(cc32)C2(CCN(C)CC2)CO4)cc1. The first-order chi connectivity index (χ1) is 18.5. The summed E-state index contributed by atoms with van der Waals surface area (Å²) < 4.78 is 6.20. The first-order valence-electron chi connectivity index (χ1n) is 13.4. The second-order valence-corrected chi connectivity index (χ2v) is 11.0. The fraction of sp³-hybridized carbons (Fsp3) is 0.355. The summed E-state index contributed by atoms with van der Waals surface area (Å²) in [7, 11) is 2.19. The van der Waals surface area contributed by atoms with E-state index in [0.29, 0.717) is 24.6 Å². The Bertz CT molecular complexity index is 1500. The van der Waals surface area contributed by atoms with Gasteiger partial charge in [-0.2, -0.15) is 5.11 Å². The number of anilines is 1. The Morgan fingerprint density at radius 3 is 2.50 bits per heavy atom. The summed E-state index contributed by atoms with van der Waals surface area (Å²) >= 11 is 0. The molecule has 7 nitrogen and oxygen atoms in total. The number of nitrogens with zero attached hydrogens (tertiary/aromatic N) is 5. The van der Waals surface area contributed by atoms with Crippen molar-refractivity contribution < 1.29 is 9.53 Å². The number of carbonyl (C=O) groups excluding carboxylic acids is 1. The number of aliphatic imine (C=N–C) groups is 1. The minimum atomic E-state index is 0.0586. The van der Waals surface area contributed by atoms with E-state index in [4.69, 9.17) is 4.74 Å². The normalized spacial score (nSPS) is 19.4. The molecule has 3 aromatic rings. The van der Waals surface area contributed by atoms with Crippen LogP contribution in [-0.4, -0.2) is 56.6 Å². The molecule has 0 N–H and O–H groups in total. The first kappa shape index (κ1) is 23.3. The molecule has 1 fully saturated rings. The number of hydrogen-bond donors (Lipinski definition) is 0. The maximum atomic E-state index is 13.7. The van der Waals surface area contributed by atoms with Gasteiger partial charge in [0.15, 0.2) is 12.5 Å². The van der Waals surface area contributed by atoms with Crippen molar-refractivity contribution in [3.63, 3.8) is 0 Å². The van der Waals surface area contributed by atoms with Crippen LogP contribution >= 0.6 is 0 Å². The molecule has 0 radical (unpaired) electrons. The molecular weight excluding hydrogens is 474 g/mol. The van der Waals surface area contributed by atoms with Crippen LogP contribution < -0.4 is 9.64 Å². The molecule has 3 aromatic carbocycles. The average molecular weight is 506 g/mol. The molecule has 4 aliphatic rings. The fourth-order valence-electron chi connectivity index (χ4n) is 6.37. The molecule has 1 spiro atoms. The number of fused-ring (bicyclic) bond motifs is 3. The number of ether oxygens (including phenoxy) is 1. The van der Waals surface area contributed by atoms with Gasteiger partial charge in [0.25, 0.3) is 5.91 Å². The van der Waals surface area contributed by atoms with Crippen molar-refractivity contribution in [2.45, 2.75) is 31.6 Å². The third-order valence-electron chi connectivity index (χ3n) is 8.72. The van der Waals surface area contributed by atoms with Crippen LogP contribution in [0, 0.1) is 6.92 Å². The minimum absolute atomic E-state index is 0.0586. The number of aryl methyl sites for hydroxylation is 1. The smallest absolute Gasteiger partial charge is 0.258 e. The maximum Gasteiger partial charge on any atom is 0.258 e. The number of rotatable bonds is 3. The van der Waals surface area contributed by atoms with E-state index in [-0.39, 0.29) is 11.3 Å². The van der Waals surface area contributed by atoms with E-state index in [1.807, 2.05) is 35.2 Å². The highest BCUT2D eigenvalue weighted by Crippen LogP contribution is 2.49. The molecule has 4 heterocycles. The van der Waals surface area contributed by atoms with E-state index in [2.05, 4.69) is 58.4 Å². The lowest BCUT2D eigenvalue weighted by molar-refractivity contribution is 0.0989. The van der Waals surface area contributed by atoms with Crippen LogP contribution in [0.2, 0.25) is 0 Å². The van der Waals surface area contributed by atoms with Crippen molar-refractivity contribution in [3.05, 3.63) is 82.4 Å². The molecule has 0 bridgehead atoms. The van der Waals surface area contributed by atoms with Crippen LogP contribution in [0.5, 0.6) is 5.75 Å². The van der Waals surface area contributed by atoms with Crippen LogP contribution in [0.25, 0.3) is 11.1 Å². The summed E-state index contributed by atoms with van der Waals surface area (Å²) in [6.07, 6.45) is 3.06. The maximum absolute atomic E-state index is 13.7. The van der Waals surface area contributed by atoms with Gasteiger partial charge in [-0.15, -0.1) is 5.11 Å². The van der Waals surface area contributed by atoms with Crippen molar-refractivity contribution in [3.8, 4) is 16.9 Å². The summed E-state index contributed by atoms with van der Waals surface area (Å²) in [6.45, 7) is 6.12. The van der Waals surface area contributed by atoms with Crippen molar-refractivity contribution in [2.75, 3.05) is 44.9 Å². The van der Waals surface area contributed by atoms with Crippen LogP contribution in [0.4, 0.5) is 5.69 Å². The van der Waals surface area contributed by atoms with Gasteiger partial charge in [-0.05, 0) is 98.9 Å². The summed E-state index contributed by atoms with van der Waals surface area (Å²) in [5.74, 6) is 1.77. The van der Waals surface area contributed by atoms with Gasteiger partial charge in [0.2, 0.25) is 0 Å². The highest BCUT2D eigenvalue weighted by atomic mass is 16.5. The van der Waals surface area contributed by atoms with Crippen LogP contribution in [0.1, 0.15) is 45.5 Å². The summed E-state index contributed by atoms with van der Waals surface area (Å²) in [5.41, 5.74) is 8.68. The molecule has 0 aliphatic carbocycles. The molecule has 0 aromatic heterocycles. The number of carbonyl (C=O) groups is 1. The molecule has 38 heavy (non-hydrogen) atoms. The lowest BCUT2D eigenvalue weighted by atomic mass is 9.74. The average Bonchev–Trinajstić information content (AvgIpc) is 3.69. The Labute approximate surface area is 222 Å². The van der Waals surface area contributed by atoms with Gasteiger partial charge in [-0.25, -0.2) is 4.99 Å². The number of amides is 1. The topological polar surface area (TPSA) is 69.9 Å². The first-order valence-corrected chi connectivity index (χ1v) is 13.4. The minimum Gasteiger partial charge on any atom is -0.492 e. The van der Waals surface area contributed by atoms with E-state index in [1.54, 1.807) is 0 Å². The molecule has 1 amide bonds. The van der Waals surface area contributed by atoms with E-state index >= 15 is 0 Å². The fourth-order valence-corrected chi connectivity index (χ4v) is 6.37. The lowest BCUT2D eigenvalue weighted by Crippen LogP contribution is -2.42. The zero-order valence-electron chi connectivity index (χ0n) is 21.9. The number of azo groups is 1. The molecular formula is C31H31N5O2. The van der Waals surface area contributed by atoms with Gasteiger partial charge in [-0.3, -0.25) is 4.79 Å². The Balaban J connectivity index is 1.14. The zero-order chi connectivity index (χ0) is 25.9. The van der Waals surface area contributed by atoms with E-state index in [0.717, 1.165) is 72.6 Å². The Morgan fingerprint density at radius 1 is 0.974 bits per heavy atom. The van der Waals surface area contributed by atoms with Gasteiger partial charge >= 0.3 is 0 Å². The van der Waals surface area contributed by atoms with E-state index < -0.39 is 0 Å². The number of hydrogen-bond acceptors (Lipinski definition) is 6. The summed E-state index contributed by atoms with van der Waals surface area (Å²) in [5, 5.41) is 8.05. The van der Waals surface area contributed by atoms with Gasteiger partial charge in [-0.1, -0.05) is 24.3 Å². The number of amidine groups is 1. The van der Waals surface area contributed by atoms with Crippen LogP contribution in [0.3, 0.4) is 0 Å². The van der Waals surface area contributed by atoms with Gasteiger partial charge in [0, 0.05) is 34.3 Å². The number of benzene rings is 3. The van der Waals surface area contributed by atoms with Crippen molar-refractivity contribution in [1.82, 2.24) is 4.90 Å². The molecule has 0 unspecified atom stereocenters. The monoisotopic (exact) mass is 505 g/mol. The van der Waals surface area contributed by atoms with Gasteiger partial charge < -0.3 is 14.5 Å². The second-order valence-electron chi connectivity index (χ2n) is 11.0. The Morgan fingerprint density at radius 2 is 1.76 bits per heavy atom. The van der Waals surface area contributed by atoms with Gasteiger partial charge in [0.05, 0.1) is 6.61 Å². The van der Waals surface area contributed by atoms with Crippen LogP contribution in [-0.2, 0) is 11.8 Å². The second kappa shape index (κ2) is 8.88. The highest BCUT2D eigenvalue weighted by Gasteiger charge is 2.44. The molecule has 4 aliphatic heterocycles. The van der Waals surface area contributed by atoms with Crippen LogP contribution in [0.15, 0.2) is 69.8 Å². The molecule has 1 saturated heterocycles. The Kier molecular flexibility index (Phi) is 5.44. The third-order valence-corrected chi connectivity index (χ3v) is 8.72. The number of piperidine rings is 1. The molecule has 7 rings (SSSR count). The largest absolute Gasteiger partial charge is 0.492 e. The van der Waals surface area contributed by atoms with Gasteiger partial charge in [0.1, 0.15) is 5.75 Å². The summed E-state index contributed by atoms with van der Waals surface area (Å²) in [4.78, 5) is 22.3. The van der Waals surface area contributed by atoms with E-state index in [1.165, 1.54) is 11.1 Å². The standard InChI is InChI=1S/C31H31N5O2/c1-20-15-24(29-32-19-33-34-29)7-8-25(20)21-3-5-22(6-4-21)30(37)36-12-9-23-16-28-26(17-27(23)36)31(18-38-28)10-13-35(2)14-11-31/h3-8,15-17H,9-14,18-19H2,1-2H3. The molecule has 0 saturated carbocycles. The number of likely N-dealkylation sites (tertiary alicyclic amines) is 1. The quantitative estimate of drug-likeness (QED) is 0.479. The lowest BCUT2D eigenvalue weighted by Gasteiger charge is -2.37. The molecule has 7 heteroatoms. The molecule has 0 atom stereocenters. The zero-order valence-corrected chi connectivity index (χ0v) is 21.9. The van der Waals surface area contributed by atoms with Crippen molar-refractivity contribution in [2.24, 2.45) is 15.2 Å². The molecule has 192 valence electrons. The van der Waals surface area contributed by atoms with E-state index in [9.17, 15) is 4.79 Å².